The van der Waals surface area contributed by atoms with E-state index in [2.05, 4.69) is 18.3 Å². The second-order valence-electron chi connectivity index (χ2n) is 4.84. The quantitative estimate of drug-likeness (QED) is 0.819. The van der Waals surface area contributed by atoms with Gasteiger partial charge in [-0.1, -0.05) is 31.5 Å². The first-order chi connectivity index (χ1) is 10.7. The summed E-state index contributed by atoms with van der Waals surface area (Å²) < 4.78 is 5.67. The molecule has 0 spiro atoms. The van der Waals surface area contributed by atoms with Gasteiger partial charge in [0.1, 0.15) is 5.75 Å². The molecule has 0 aliphatic heterocycles. The Labute approximate surface area is 130 Å². The Balaban J connectivity index is 2.13. The Kier molecular flexibility index (Phi) is 5.56. The van der Waals surface area contributed by atoms with Gasteiger partial charge in [0.05, 0.1) is 23.8 Å². The van der Waals surface area contributed by atoms with Crippen molar-refractivity contribution in [3.63, 3.8) is 0 Å². The van der Waals surface area contributed by atoms with Crippen molar-refractivity contribution in [1.82, 2.24) is 0 Å². The molecule has 0 aromatic heterocycles. The molecule has 0 atom stereocenters. The van der Waals surface area contributed by atoms with Gasteiger partial charge in [0, 0.05) is 5.69 Å². The zero-order chi connectivity index (χ0) is 15.8. The zero-order valence-electron chi connectivity index (χ0n) is 12.5. The molecule has 0 aliphatic rings. The van der Waals surface area contributed by atoms with Crippen molar-refractivity contribution in [1.29, 1.82) is 5.26 Å². The summed E-state index contributed by atoms with van der Waals surface area (Å²) in [6, 6.07) is 16.0. The molecule has 4 nitrogen and oxygen atoms in total. The number of anilines is 1. The molecule has 0 radical (unpaired) electrons. The van der Waals surface area contributed by atoms with Crippen LogP contribution in [0.1, 0.15) is 35.7 Å². The van der Waals surface area contributed by atoms with Crippen LogP contribution in [0.2, 0.25) is 0 Å². The third-order valence-electron chi connectivity index (χ3n) is 3.14. The van der Waals surface area contributed by atoms with Crippen molar-refractivity contribution in [3.8, 4) is 11.8 Å². The molecule has 0 bridgehead atoms. The zero-order valence-corrected chi connectivity index (χ0v) is 12.5. The minimum absolute atomic E-state index is 0.248. The van der Waals surface area contributed by atoms with E-state index in [1.54, 1.807) is 42.5 Å². The van der Waals surface area contributed by atoms with Crippen LogP contribution in [0.5, 0.6) is 5.75 Å². The highest BCUT2D eigenvalue weighted by Gasteiger charge is 2.12. The molecule has 0 unspecified atom stereocenters. The lowest BCUT2D eigenvalue weighted by atomic mass is 10.1. The first kappa shape index (κ1) is 15.6. The maximum atomic E-state index is 12.4. The maximum Gasteiger partial charge on any atom is 0.259 e. The van der Waals surface area contributed by atoms with Gasteiger partial charge in [0.15, 0.2) is 0 Å². The van der Waals surface area contributed by atoms with Gasteiger partial charge in [-0.15, -0.1) is 0 Å². The van der Waals surface area contributed by atoms with E-state index in [0.717, 1.165) is 12.8 Å². The number of unbranched alkanes of at least 4 members (excludes halogenated alkanes) is 1. The van der Waals surface area contributed by atoms with Crippen molar-refractivity contribution in [2.75, 3.05) is 11.9 Å². The molecular weight excluding hydrogens is 276 g/mol. The van der Waals surface area contributed by atoms with Crippen molar-refractivity contribution in [2.45, 2.75) is 19.8 Å². The normalized spacial score (nSPS) is 9.82. The van der Waals surface area contributed by atoms with Crippen molar-refractivity contribution in [2.24, 2.45) is 0 Å². The van der Waals surface area contributed by atoms with Crippen LogP contribution in [0.4, 0.5) is 5.69 Å². The third-order valence-corrected chi connectivity index (χ3v) is 3.14. The lowest BCUT2D eigenvalue weighted by Crippen LogP contribution is -2.14. The highest BCUT2D eigenvalue weighted by molar-refractivity contribution is 6.06. The predicted molar refractivity (Wildman–Crippen MR) is 86.0 cm³/mol. The second kappa shape index (κ2) is 7.84. The average molecular weight is 294 g/mol. The molecular formula is C18H18N2O2. The van der Waals surface area contributed by atoms with Crippen LogP contribution in [0, 0.1) is 11.3 Å². The molecule has 1 amide bonds. The van der Waals surface area contributed by atoms with E-state index in [9.17, 15) is 4.79 Å². The number of hydrogen-bond acceptors (Lipinski definition) is 3. The van der Waals surface area contributed by atoms with E-state index >= 15 is 0 Å². The maximum absolute atomic E-state index is 12.4. The predicted octanol–water partition coefficient (Wildman–Crippen LogP) is 3.99. The van der Waals surface area contributed by atoms with Gasteiger partial charge in [0.25, 0.3) is 5.91 Å². The van der Waals surface area contributed by atoms with Crippen molar-refractivity contribution < 1.29 is 9.53 Å². The molecule has 112 valence electrons. The van der Waals surface area contributed by atoms with Crippen LogP contribution in [-0.2, 0) is 0 Å². The van der Waals surface area contributed by atoms with Crippen LogP contribution in [0.3, 0.4) is 0 Å². The van der Waals surface area contributed by atoms with E-state index in [1.807, 2.05) is 6.07 Å². The fourth-order valence-electron chi connectivity index (χ4n) is 1.97. The molecule has 4 heteroatoms. The first-order valence-corrected chi connectivity index (χ1v) is 7.28. The number of carbonyl (C=O) groups is 1. The largest absolute Gasteiger partial charge is 0.493 e. The van der Waals surface area contributed by atoms with E-state index in [1.165, 1.54) is 0 Å². The molecule has 1 N–H and O–H groups in total. The topological polar surface area (TPSA) is 62.1 Å². The molecule has 0 aliphatic carbocycles. The van der Waals surface area contributed by atoms with E-state index in [-0.39, 0.29) is 5.91 Å². The van der Waals surface area contributed by atoms with Gasteiger partial charge >= 0.3 is 0 Å². The molecule has 0 heterocycles. The number of carbonyl (C=O) groups excluding carboxylic acids is 1. The number of nitrogens with zero attached hydrogens (tertiary/aromatic N) is 1. The lowest BCUT2D eigenvalue weighted by molar-refractivity contribution is 0.102. The standard InChI is InChI=1S/C18H18N2O2/c1-2-3-11-22-17-10-5-4-9-16(17)18(21)20-15-8-6-7-14(12-15)13-19/h4-10,12H,2-3,11H2,1H3,(H,20,21). The van der Waals surface area contributed by atoms with E-state index in [0.29, 0.717) is 29.2 Å². The summed E-state index contributed by atoms with van der Waals surface area (Å²) >= 11 is 0. The molecule has 22 heavy (non-hydrogen) atoms. The number of ether oxygens (including phenoxy) is 1. The fraction of sp³-hybridized carbons (Fsp3) is 0.222. The van der Waals surface area contributed by atoms with Gasteiger partial charge < -0.3 is 10.1 Å². The van der Waals surface area contributed by atoms with Crippen LogP contribution in [0.25, 0.3) is 0 Å². The number of rotatable bonds is 6. The summed E-state index contributed by atoms with van der Waals surface area (Å²) in [6.45, 7) is 2.68. The molecule has 0 saturated heterocycles. The number of amides is 1. The summed E-state index contributed by atoms with van der Waals surface area (Å²) in [4.78, 5) is 12.4. The molecule has 2 aromatic rings. The molecule has 2 rings (SSSR count). The van der Waals surface area contributed by atoms with Gasteiger partial charge in [-0.3, -0.25) is 4.79 Å². The molecule has 2 aromatic carbocycles. The summed E-state index contributed by atoms with van der Waals surface area (Å²) in [5.41, 5.74) is 1.58. The minimum Gasteiger partial charge on any atom is -0.493 e. The van der Waals surface area contributed by atoms with Gasteiger partial charge in [0.2, 0.25) is 0 Å². The molecule has 0 saturated carbocycles. The molecule has 0 fully saturated rings. The number of hydrogen-bond donors (Lipinski definition) is 1. The third kappa shape index (κ3) is 4.10. The Hall–Kier alpha value is -2.80. The SMILES string of the molecule is CCCCOc1ccccc1C(=O)Nc1cccc(C#N)c1. The number of benzene rings is 2. The van der Waals surface area contributed by atoms with Crippen LogP contribution < -0.4 is 10.1 Å². The van der Waals surface area contributed by atoms with Crippen LogP contribution in [0.15, 0.2) is 48.5 Å². The van der Waals surface area contributed by atoms with Gasteiger partial charge in [-0.25, -0.2) is 0 Å². The summed E-state index contributed by atoms with van der Waals surface area (Å²) in [5, 5.41) is 11.7. The Morgan fingerprint density at radius 3 is 2.82 bits per heavy atom. The van der Waals surface area contributed by atoms with Crippen LogP contribution >= 0.6 is 0 Å². The summed E-state index contributed by atoms with van der Waals surface area (Å²) in [7, 11) is 0. The average Bonchev–Trinajstić information content (AvgIpc) is 2.55. The van der Waals surface area contributed by atoms with Crippen LogP contribution in [-0.4, -0.2) is 12.5 Å². The van der Waals surface area contributed by atoms with Crippen molar-refractivity contribution in [3.05, 3.63) is 59.7 Å². The van der Waals surface area contributed by atoms with Crippen molar-refractivity contribution >= 4 is 11.6 Å². The Bertz CT molecular complexity index is 689. The number of nitriles is 1. The van der Waals surface area contributed by atoms with E-state index in [4.69, 9.17) is 10.00 Å². The monoisotopic (exact) mass is 294 g/mol. The van der Waals surface area contributed by atoms with Gasteiger partial charge in [-0.2, -0.15) is 5.26 Å². The Morgan fingerprint density at radius 2 is 2.05 bits per heavy atom. The lowest BCUT2D eigenvalue weighted by Gasteiger charge is -2.11. The summed E-state index contributed by atoms with van der Waals surface area (Å²) in [6.07, 6.45) is 1.98. The number of para-hydroxylation sites is 1. The number of nitrogens with one attached hydrogen (secondary N) is 1. The minimum atomic E-state index is -0.248. The van der Waals surface area contributed by atoms with E-state index < -0.39 is 0 Å². The van der Waals surface area contributed by atoms with Gasteiger partial charge in [-0.05, 0) is 36.8 Å². The summed E-state index contributed by atoms with van der Waals surface area (Å²) in [5.74, 6) is 0.326. The Morgan fingerprint density at radius 1 is 1.23 bits per heavy atom. The first-order valence-electron chi connectivity index (χ1n) is 7.28. The fourth-order valence-corrected chi connectivity index (χ4v) is 1.97. The smallest absolute Gasteiger partial charge is 0.259 e. The highest BCUT2D eigenvalue weighted by atomic mass is 16.5. The highest BCUT2D eigenvalue weighted by Crippen LogP contribution is 2.20. The second-order valence-corrected chi connectivity index (χ2v) is 4.84.